The molecule has 0 unspecified atom stereocenters. The third-order valence-electron chi connectivity index (χ3n) is 2.76. The summed E-state index contributed by atoms with van der Waals surface area (Å²) >= 11 is 0. The number of esters is 1. The number of hydrogen-bond acceptors (Lipinski definition) is 5. The van der Waals surface area contributed by atoms with Gasteiger partial charge in [0.05, 0.1) is 7.11 Å². The summed E-state index contributed by atoms with van der Waals surface area (Å²) in [6.45, 7) is 0.655. The van der Waals surface area contributed by atoms with Crippen LogP contribution in [0.25, 0.3) is 0 Å². The molecular weight excluding hydrogens is 270 g/mol. The van der Waals surface area contributed by atoms with Crippen LogP contribution in [0.3, 0.4) is 0 Å². The van der Waals surface area contributed by atoms with Gasteiger partial charge in [-0.1, -0.05) is 18.2 Å². The molecule has 0 aliphatic heterocycles. The maximum atomic E-state index is 11.6. The quantitative estimate of drug-likeness (QED) is 0.502. The summed E-state index contributed by atoms with van der Waals surface area (Å²) < 4.78 is 15.8. The Labute approximate surface area is 123 Å². The highest BCUT2D eigenvalue weighted by atomic mass is 16.5. The third kappa shape index (κ3) is 4.14. The van der Waals surface area contributed by atoms with Gasteiger partial charge in [0.15, 0.2) is 0 Å². The number of nitrogen functional groups attached to an aromatic ring is 1. The van der Waals surface area contributed by atoms with Gasteiger partial charge in [0, 0.05) is 11.8 Å². The maximum Gasteiger partial charge on any atom is 0.341 e. The minimum absolute atomic E-state index is 0.294. The van der Waals surface area contributed by atoms with Gasteiger partial charge in [0.1, 0.15) is 30.3 Å². The van der Waals surface area contributed by atoms with E-state index >= 15 is 0 Å². The molecule has 0 heterocycles. The number of methoxy groups -OCH3 is 1. The number of para-hydroxylation sites is 1. The van der Waals surface area contributed by atoms with E-state index in [1.54, 1.807) is 18.2 Å². The van der Waals surface area contributed by atoms with E-state index in [2.05, 4.69) is 0 Å². The fraction of sp³-hybridized carbons (Fsp3) is 0.188. The van der Waals surface area contributed by atoms with Crippen molar-refractivity contribution in [2.24, 2.45) is 0 Å². The molecule has 2 N–H and O–H groups in total. The van der Waals surface area contributed by atoms with Gasteiger partial charge in [0.25, 0.3) is 0 Å². The fourth-order valence-electron chi connectivity index (χ4n) is 1.76. The lowest BCUT2D eigenvalue weighted by Gasteiger charge is -2.11. The number of anilines is 1. The lowest BCUT2D eigenvalue weighted by Crippen LogP contribution is -2.12. The molecule has 0 atom stereocenters. The topological polar surface area (TPSA) is 70.8 Å². The first-order valence-electron chi connectivity index (χ1n) is 6.49. The maximum absolute atomic E-state index is 11.6. The summed E-state index contributed by atoms with van der Waals surface area (Å²) in [4.78, 5) is 11.6. The van der Waals surface area contributed by atoms with Gasteiger partial charge in [-0.2, -0.15) is 0 Å². The SMILES string of the molecule is COC(=O)c1ccc(N)cc1OCCOc1ccccc1. The van der Waals surface area contributed by atoms with Crippen molar-refractivity contribution in [2.75, 3.05) is 26.1 Å². The predicted molar refractivity (Wildman–Crippen MR) is 79.6 cm³/mol. The summed E-state index contributed by atoms with van der Waals surface area (Å²) in [6.07, 6.45) is 0. The second-order valence-corrected chi connectivity index (χ2v) is 4.26. The Bertz CT molecular complexity index is 598. The normalized spacial score (nSPS) is 9.95. The van der Waals surface area contributed by atoms with Crippen LogP contribution in [0.4, 0.5) is 5.69 Å². The Morgan fingerprint density at radius 3 is 2.48 bits per heavy atom. The van der Waals surface area contributed by atoms with E-state index in [1.165, 1.54) is 7.11 Å². The van der Waals surface area contributed by atoms with E-state index in [4.69, 9.17) is 19.9 Å². The second kappa shape index (κ2) is 7.19. The van der Waals surface area contributed by atoms with Crippen LogP contribution >= 0.6 is 0 Å². The van der Waals surface area contributed by atoms with Crippen LogP contribution < -0.4 is 15.2 Å². The molecule has 0 radical (unpaired) electrons. The molecule has 2 aromatic carbocycles. The highest BCUT2D eigenvalue weighted by Crippen LogP contribution is 2.22. The van der Waals surface area contributed by atoms with E-state index < -0.39 is 5.97 Å². The predicted octanol–water partition coefficient (Wildman–Crippen LogP) is 2.51. The number of ether oxygens (including phenoxy) is 3. The number of rotatable bonds is 6. The Kier molecular flexibility index (Phi) is 5.04. The third-order valence-corrected chi connectivity index (χ3v) is 2.76. The van der Waals surface area contributed by atoms with E-state index in [1.807, 2.05) is 30.3 Å². The molecule has 0 bridgehead atoms. The zero-order valence-corrected chi connectivity index (χ0v) is 11.7. The summed E-state index contributed by atoms with van der Waals surface area (Å²) in [6, 6.07) is 14.2. The molecule has 0 aromatic heterocycles. The second-order valence-electron chi connectivity index (χ2n) is 4.26. The Hall–Kier alpha value is -2.69. The molecule has 0 spiro atoms. The van der Waals surface area contributed by atoms with Crippen LogP contribution in [-0.2, 0) is 4.74 Å². The number of carbonyl (C=O) groups is 1. The van der Waals surface area contributed by atoms with E-state index in [0.29, 0.717) is 30.2 Å². The summed E-state index contributed by atoms with van der Waals surface area (Å²) in [5.41, 5.74) is 6.56. The molecular formula is C16H17NO4. The first-order valence-corrected chi connectivity index (χ1v) is 6.49. The zero-order chi connectivity index (χ0) is 15.1. The molecule has 2 rings (SSSR count). The molecule has 2 aromatic rings. The fourth-order valence-corrected chi connectivity index (χ4v) is 1.76. The summed E-state index contributed by atoms with van der Waals surface area (Å²) in [5, 5.41) is 0. The minimum Gasteiger partial charge on any atom is -0.490 e. The van der Waals surface area contributed by atoms with Crippen molar-refractivity contribution in [2.45, 2.75) is 0 Å². The smallest absolute Gasteiger partial charge is 0.341 e. The van der Waals surface area contributed by atoms with E-state index in [-0.39, 0.29) is 0 Å². The minimum atomic E-state index is -0.464. The van der Waals surface area contributed by atoms with Crippen LogP contribution in [-0.4, -0.2) is 26.3 Å². The molecule has 0 fully saturated rings. The standard InChI is InChI=1S/C16H17NO4/c1-19-16(18)14-8-7-12(17)11-15(14)21-10-9-20-13-5-3-2-4-6-13/h2-8,11H,9-10,17H2,1H3. The van der Waals surface area contributed by atoms with Crippen molar-refractivity contribution < 1.29 is 19.0 Å². The molecule has 0 aliphatic rings. The lowest BCUT2D eigenvalue weighted by molar-refractivity contribution is 0.0595. The van der Waals surface area contributed by atoms with Gasteiger partial charge in [-0.25, -0.2) is 4.79 Å². The average Bonchev–Trinajstić information content (AvgIpc) is 2.52. The van der Waals surface area contributed by atoms with Crippen LogP contribution in [0.1, 0.15) is 10.4 Å². The zero-order valence-electron chi connectivity index (χ0n) is 11.7. The van der Waals surface area contributed by atoms with Crippen molar-refractivity contribution >= 4 is 11.7 Å². The molecule has 0 saturated carbocycles. The van der Waals surface area contributed by atoms with Crippen molar-refractivity contribution in [1.29, 1.82) is 0 Å². The molecule has 0 saturated heterocycles. The van der Waals surface area contributed by atoms with Crippen LogP contribution in [0.2, 0.25) is 0 Å². The van der Waals surface area contributed by atoms with Gasteiger partial charge in [-0.05, 0) is 24.3 Å². The van der Waals surface area contributed by atoms with Crippen molar-refractivity contribution in [3.05, 3.63) is 54.1 Å². The monoisotopic (exact) mass is 287 g/mol. The number of benzene rings is 2. The van der Waals surface area contributed by atoms with E-state index in [9.17, 15) is 4.79 Å². The Morgan fingerprint density at radius 2 is 1.76 bits per heavy atom. The average molecular weight is 287 g/mol. The lowest BCUT2D eigenvalue weighted by atomic mass is 10.2. The van der Waals surface area contributed by atoms with Crippen LogP contribution in [0, 0.1) is 0 Å². The largest absolute Gasteiger partial charge is 0.490 e. The van der Waals surface area contributed by atoms with Gasteiger partial charge in [-0.15, -0.1) is 0 Å². The van der Waals surface area contributed by atoms with E-state index in [0.717, 1.165) is 5.75 Å². The molecule has 5 heteroatoms. The molecule has 0 aliphatic carbocycles. The van der Waals surface area contributed by atoms with Crippen molar-refractivity contribution in [3.8, 4) is 11.5 Å². The Balaban J connectivity index is 1.93. The summed E-state index contributed by atoms with van der Waals surface area (Å²) in [5.74, 6) is 0.689. The van der Waals surface area contributed by atoms with Crippen molar-refractivity contribution in [1.82, 2.24) is 0 Å². The highest BCUT2D eigenvalue weighted by molar-refractivity contribution is 5.93. The van der Waals surface area contributed by atoms with Gasteiger partial charge in [0.2, 0.25) is 0 Å². The summed E-state index contributed by atoms with van der Waals surface area (Å²) in [7, 11) is 1.32. The Morgan fingerprint density at radius 1 is 1.05 bits per heavy atom. The molecule has 110 valence electrons. The number of carbonyl (C=O) groups excluding carboxylic acids is 1. The highest BCUT2D eigenvalue weighted by Gasteiger charge is 2.13. The number of nitrogens with two attached hydrogens (primary N) is 1. The van der Waals surface area contributed by atoms with Crippen molar-refractivity contribution in [3.63, 3.8) is 0 Å². The number of hydrogen-bond donors (Lipinski definition) is 1. The molecule has 5 nitrogen and oxygen atoms in total. The van der Waals surface area contributed by atoms with Gasteiger partial charge in [-0.3, -0.25) is 0 Å². The van der Waals surface area contributed by atoms with Gasteiger partial charge < -0.3 is 19.9 Å². The molecule has 0 amide bonds. The van der Waals surface area contributed by atoms with Crippen LogP contribution in [0.5, 0.6) is 11.5 Å². The van der Waals surface area contributed by atoms with Crippen LogP contribution in [0.15, 0.2) is 48.5 Å². The first kappa shape index (κ1) is 14.7. The van der Waals surface area contributed by atoms with Gasteiger partial charge >= 0.3 is 5.97 Å². The molecule has 21 heavy (non-hydrogen) atoms. The first-order chi connectivity index (χ1) is 10.2.